The number of methoxy groups -OCH3 is 1. The Balaban J connectivity index is 2.58. The van der Waals surface area contributed by atoms with Crippen molar-refractivity contribution in [2.45, 2.75) is 13.0 Å². The van der Waals surface area contributed by atoms with Crippen LogP contribution in [0.25, 0.3) is 0 Å². The third-order valence-electron chi connectivity index (χ3n) is 3.41. The van der Waals surface area contributed by atoms with Gasteiger partial charge in [-0.2, -0.15) is 0 Å². The Morgan fingerprint density at radius 1 is 1.10 bits per heavy atom. The number of hydrogen-bond donors (Lipinski definition) is 1. The van der Waals surface area contributed by atoms with Crippen molar-refractivity contribution in [1.82, 2.24) is 5.32 Å². The first-order valence-corrected chi connectivity index (χ1v) is 7.92. The number of nitrogens with one attached hydrogen (secondary N) is 1. The molecule has 106 valence electrons. The van der Waals surface area contributed by atoms with Gasteiger partial charge in [0.05, 0.1) is 13.2 Å². The van der Waals surface area contributed by atoms with Crippen molar-refractivity contribution in [3.8, 4) is 5.75 Å². The summed E-state index contributed by atoms with van der Waals surface area (Å²) in [6.45, 7) is 2.12. The van der Waals surface area contributed by atoms with Crippen molar-refractivity contribution < 1.29 is 4.74 Å². The minimum atomic E-state index is 0.0833. The fourth-order valence-corrected chi connectivity index (χ4v) is 3.11. The molecule has 1 N–H and O–H groups in total. The van der Waals surface area contributed by atoms with E-state index in [0.717, 1.165) is 20.3 Å². The van der Waals surface area contributed by atoms with Crippen LogP contribution in [0, 0.1) is 6.92 Å². The lowest BCUT2D eigenvalue weighted by Crippen LogP contribution is -2.19. The molecule has 2 nitrogen and oxygen atoms in total. The second-order valence-corrected chi connectivity index (χ2v) is 6.33. The van der Waals surface area contributed by atoms with Crippen molar-refractivity contribution in [2.24, 2.45) is 0 Å². The molecule has 1 atom stereocenters. The molecule has 0 aliphatic heterocycles. The van der Waals surface area contributed by atoms with E-state index in [1.807, 2.05) is 19.2 Å². The van der Waals surface area contributed by atoms with Crippen LogP contribution >= 0.6 is 31.9 Å². The lowest BCUT2D eigenvalue weighted by atomic mass is 9.94. The number of halogens is 2. The molecule has 0 aliphatic rings. The van der Waals surface area contributed by atoms with Crippen LogP contribution in [-0.2, 0) is 0 Å². The van der Waals surface area contributed by atoms with Crippen molar-refractivity contribution in [2.75, 3.05) is 14.2 Å². The van der Waals surface area contributed by atoms with Gasteiger partial charge in [-0.3, -0.25) is 0 Å². The third-order valence-corrected chi connectivity index (χ3v) is 4.76. The molecule has 0 aliphatic carbocycles. The minimum Gasteiger partial charge on any atom is -0.496 e. The van der Waals surface area contributed by atoms with Gasteiger partial charge in [-0.1, -0.05) is 44.0 Å². The van der Waals surface area contributed by atoms with Crippen molar-refractivity contribution in [3.63, 3.8) is 0 Å². The Morgan fingerprint density at radius 2 is 1.85 bits per heavy atom. The van der Waals surface area contributed by atoms with Gasteiger partial charge < -0.3 is 10.1 Å². The summed E-state index contributed by atoms with van der Waals surface area (Å²) >= 11 is 7.13. The minimum absolute atomic E-state index is 0.0833. The predicted octanol–water partition coefficient (Wildman–Crippen LogP) is 4.84. The summed E-state index contributed by atoms with van der Waals surface area (Å²) < 4.78 is 7.66. The predicted molar refractivity (Wildman–Crippen MR) is 90.5 cm³/mol. The van der Waals surface area contributed by atoms with Crippen LogP contribution < -0.4 is 10.1 Å². The molecule has 0 radical (unpaired) electrons. The molecule has 4 heteroatoms. The maximum absolute atomic E-state index is 5.50. The molecule has 0 fully saturated rings. The average Bonchev–Trinajstić information content (AvgIpc) is 2.44. The van der Waals surface area contributed by atoms with Gasteiger partial charge in [-0.15, -0.1) is 0 Å². The second-order valence-electron chi connectivity index (χ2n) is 4.56. The van der Waals surface area contributed by atoms with Crippen LogP contribution in [0.1, 0.15) is 22.7 Å². The fraction of sp³-hybridized carbons (Fsp3) is 0.250. The Kier molecular flexibility index (Phi) is 5.24. The van der Waals surface area contributed by atoms with E-state index in [-0.39, 0.29) is 6.04 Å². The first-order chi connectivity index (χ1) is 9.58. The van der Waals surface area contributed by atoms with Crippen LogP contribution in [0.15, 0.2) is 45.3 Å². The third kappa shape index (κ3) is 3.08. The summed E-state index contributed by atoms with van der Waals surface area (Å²) in [7, 11) is 3.67. The maximum atomic E-state index is 5.50. The standard InChI is InChI=1S/C16H17Br2NO/c1-10-12(5-4-6-14(10)18)16(19-2)13-9-11(17)7-8-15(13)20-3/h4-9,16,19H,1-3H3. The molecule has 0 heterocycles. The molecule has 0 spiro atoms. The summed E-state index contributed by atoms with van der Waals surface area (Å²) in [4.78, 5) is 0. The SMILES string of the molecule is CNC(c1cc(Br)ccc1OC)c1cccc(Br)c1C. The highest BCUT2D eigenvalue weighted by Crippen LogP contribution is 2.35. The molecule has 0 amide bonds. The van der Waals surface area contributed by atoms with Crippen LogP contribution in [0.5, 0.6) is 5.75 Å². The largest absolute Gasteiger partial charge is 0.496 e. The Morgan fingerprint density at radius 3 is 2.50 bits per heavy atom. The van der Waals surface area contributed by atoms with Crippen LogP contribution in [0.3, 0.4) is 0 Å². The molecular weight excluding hydrogens is 382 g/mol. The van der Waals surface area contributed by atoms with Gasteiger partial charge in [-0.25, -0.2) is 0 Å². The molecule has 0 saturated carbocycles. The van der Waals surface area contributed by atoms with Crippen LogP contribution in [0.2, 0.25) is 0 Å². The molecular formula is C16H17Br2NO. The Bertz CT molecular complexity index is 613. The number of hydrogen-bond acceptors (Lipinski definition) is 2. The van der Waals surface area contributed by atoms with E-state index in [2.05, 4.69) is 68.4 Å². The molecule has 2 aromatic carbocycles. The van der Waals surface area contributed by atoms with Gasteiger partial charge in [0.25, 0.3) is 0 Å². The lowest BCUT2D eigenvalue weighted by molar-refractivity contribution is 0.405. The van der Waals surface area contributed by atoms with Crippen molar-refractivity contribution >= 4 is 31.9 Å². The Labute approximate surface area is 136 Å². The summed E-state index contributed by atoms with van der Waals surface area (Å²) in [6, 6.07) is 12.4. The maximum Gasteiger partial charge on any atom is 0.124 e. The van der Waals surface area contributed by atoms with Gasteiger partial charge in [0.2, 0.25) is 0 Å². The van der Waals surface area contributed by atoms with Gasteiger partial charge in [0.15, 0.2) is 0 Å². The van der Waals surface area contributed by atoms with Crippen LogP contribution in [0.4, 0.5) is 0 Å². The summed E-state index contributed by atoms with van der Waals surface area (Å²) in [5.74, 6) is 0.881. The van der Waals surface area contributed by atoms with Crippen molar-refractivity contribution in [3.05, 3.63) is 62.0 Å². The highest BCUT2D eigenvalue weighted by molar-refractivity contribution is 9.10. The zero-order valence-corrected chi connectivity index (χ0v) is 14.9. The molecule has 1 unspecified atom stereocenters. The summed E-state index contributed by atoms with van der Waals surface area (Å²) in [5, 5.41) is 3.38. The first kappa shape index (κ1) is 15.5. The Hall–Kier alpha value is -0.840. The molecule has 2 aromatic rings. The fourth-order valence-electron chi connectivity index (χ4n) is 2.35. The smallest absolute Gasteiger partial charge is 0.124 e. The van der Waals surface area contributed by atoms with E-state index in [1.54, 1.807) is 7.11 Å². The monoisotopic (exact) mass is 397 g/mol. The van der Waals surface area contributed by atoms with Gasteiger partial charge >= 0.3 is 0 Å². The molecule has 0 bridgehead atoms. The highest BCUT2D eigenvalue weighted by atomic mass is 79.9. The molecule has 2 rings (SSSR count). The van der Waals surface area contributed by atoms with Gasteiger partial charge in [0, 0.05) is 14.5 Å². The first-order valence-electron chi connectivity index (χ1n) is 6.34. The zero-order chi connectivity index (χ0) is 14.7. The zero-order valence-electron chi connectivity index (χ0n) is 11.7. The van der Waals surface area contributed by atoms with E-state index in [9.17, 15) is 0 Å². The summed E-state index contributed by atoms with van der Waals surface area (Å²) in [5.41, 5.74) is 3.58. The summed E-state index contributed by atoms with van der Waals surface area (Å²) in [6.07, 6.45) is 0. The molecule has 0 saturated heterocycles. The van der Waals surface area contributed by atoms with E-state index in [1.165, 1.54) is 11.1 Å². The number of ether oxygens (including phenoxy) is 1. The van der Waals surface area contributed by atoms with E-state index >= 15 is 0 Å². The highest BCUT2D eigenvalue weighted by Gasteiger charge is 2.19. The second kappa shape index (κ2) is 6.74. The normalized spacial score (nSPS) is 12.2. The number of rotatable bonds is 4. The van der Waals surface area contributed by atoms with E-state index in [0.29, 0.717) is 0 Å². The van der Waals surface area contributed by atoms with E-state index in [4.69, 9.17) is 4.74 Å². The quantitative estimate of drug-likeness (QED) is 0.795. The molecule has 20 heavy (non-hydrogen) atoms. The average molecular weight is 399 g/mol. The van der Waals surface area contributed by atoms with Crippen LogP contribution in [-0.4, -0.2) is 14.2 Å². The van der Waals surface area contributed by atoms with Crippen molar-refractivity contribution in [1.29, 1.82) is 0 Å². The van der Waals surface area contributed by atoms with E-state index < -0.39 is 0 Å². The number of benzene rings is 2. The molecule has 0 aromatic heterocycles. The van der Waals surface area contributed by atoms with Gasteiger partial charge in [0.1, 0.15) is 5.75 Å². The topological polar surface area (TPSA) is 21.3 Å². The lowest BCUT2D eigenvalue weighted by Gasteiger charge is -2.22. The van der Waals surface area contributed by atoms with Gasteiger partial charge in [-0.05, 0) is 49.4 Å².